The summed E-state index contributed by atoms with van der Waals surface area (Å²) < 4.78 is 10.4. The molecule has 2 unspecified atom stereocenters. The highest BCUT2D eigenvalue weighted by atomic mass is 16.5. The van der Waals surface area contributed by atoms with Crippen molar-refractivity contribution in [2.75, 3.05) is 25.6 Å². The van der Waals surface area contributed by atoms with Crippen LogP contribution in [0.3, 0.4) is 0 Å². The van der Waals surface area contributed by atoms with Gasteiger partial charge in [-0.25, -0.2) is 4.98 Å². The molecule has 1 saturated carbocycles. The molecule has 0 aliphatic heterocycles. The zero-order valence-corrected chi connectivity index (χ0v) is 11.9. The summed E-state index contributed by atoms with van der Waals surface area (Å²) in [6.07, 6.45) is 7.12. The van der Waals surface area contributed by atoms with Crippen molar-refractivity contribution >= 4 is 5.69 Å². The third-order valence-corrected chi connectivity index (χ3v) is 3.74. The Balaban J connectivity index is 1.84. The van der Waals surface area contributed by atoms with Crippen LogP contribution in [0.1, 0.15) is 32.6 Å². The van der Waals surface area contributed by atoms with E-state index in [-0.39, 0.29) is 0 Å². The zero-order chi connectivity index (χ0) is 13.5. The Kier molecular flexibility index (Phi) is 5.45. The van der Waals surface area contributed by atoms with Crippen LogP contribution in [0.4, 0.5) is 5.69 Å². The maximum atomic E-state index is 5.45. The maximum absolute atomic E-state index is 5.45. The topological polar surface area (TPSA) is 43.4 Å². The Labute approximate surface area is 115 Å². The van der Waals surface area contributed by atoms with Crippen LogP contribution in [-0.4, -0.2) is 31.3 Å². The summed E-state index contributed by atoms with van der Waals surface area (Å²) in [4.78, 5) is 4.30. The molecule has 1 aromatic rings. The fraction of sp³-hybridized carbons (Fsp3) is 0.667. The average Bonchev–Trinajstić information content (AvgIpc) is 2.44. The van der Waals surface area contributed by atoms with Gasteiger partial charge >= 0.3 is 0 Å². The molecule has 19 heavy (non-hydrogen) atoms. The molecule has 1 aliphatic rings. The molecule has 1 N–H and O–H groups in total. The molecular weight excluding hydrogens is 240 g/mol. The van der Waals surface area contributed by atoms with Crippen molar-refractivity contribution in [1.82, 2.24) is 4.98 Å². The van der Waals surface area contributed by atoms with Crippen LogP contribution in [0.15, 0.2) is 18.3 Å². The maximum Gasteiger partial charge on any atom is 0.213 e. The lowest BCUT2D eigenvalue weighted by molar-refractivity contribution is 0.144. The molecule has 1 aromatic heterocycles. The number of hydrogen-bond donors (Lipinski definition) is 1. The summed E-state index contributed by atoms with van der Waals surface area (Å²) in [6.45, 7) is 3.45. The molecule has 0 aromatic carbocycles. The van der Waals surface area contributed by atoms with Crippen molar-refractivity contribution in [3.63, 3.8) is 0 Å². The van der Waals surface area contributed by atoms with Crippen molar-refractivity contribution < 1.29 is 9.47 Å². The molecule has 2 rings (SSSR count). The minimum atomic E-state index is 0.538. The normalized spacial score (nSPS) is 23.1. The number of nitrogens with zero attached hydrogens (tertiary/aromatic N) is 1. The van der Waals surface area contributed by atoms with E-state index in [2.05, 4.69) is 17.2 Å². The van der Waals surface area contributed by atoms with Gasteiger partial charge in [0.1, 0.15) is 6.61 Å². The van der Waals surface area contributed by atoms with Gasteiger partial charge in [0.15, 0.2) is 0 Å². The third-order valence-electron chi connectivity index (χ3n) is 3.74. The van der Waals surface area contributed by atoms with E-state index >= 15 is 0 Å². The molecule has 0 saturated heterocycles. The summed E-state index contributed by atoms with van der Waals surface area (Å²) in [5.74, 6) is 1.39. The molecule has 1 fully saturated rings. The first-order valence-electron chi connectivity index (χ1n) is 7.14. The SMILES string of the molecule is COCCOc1ccc(NC2CCCCC2C)cn1. The van der Waals surface area contributed by atoms with E-state index in [1.807, 2.05) is 18.3 Å². The first kappa shape index (κ1) is 14.1. The van der Waals surface area contributed by atoms with E-state index in [9.17, 15) is 0 Å². The van der Waals surface area contributed by atoms with E-state index in [4.69, 9.17) is 9.47 Å². The van der Waals surface area contributed by atoms with Gasteiger partial charge in [-0.2, -0.15) is 0 Å². The Bertz CT molecular complexity index is 367. The molecule has 106 valence electrons. The van der Waals surface area contributed by atoms with Crippen molar-refractivity contribution in [3.05, 3.63) is 18.3 Å². The Morgan fingerprint density at radius 2 is 2.11 bits per heavy atom. The number of ether oxygens (including phenoxy) is 2. The fourth-order valence-electron chi connectivity index (χ4n) is 2.53. The van der Waals surface area contributed by atoms with Crippen molar-refractivity contribution in [1.29, 1.82) is 0 Å². The molecule has 1 aliphatic carbocycles. The number of rotatable bonds is 6. The van der Waals surface area contributed by atoms with Crippen molar-refractivity contribution in [2.45, 2.75) is 38.6 Å². The number of aromatic nitrogens is 1. The molecule has 0 spiro atoms. The van der Waals surface area contributed by atoms with Crippen LogP contribution in [-0.2, 0) is 4.74 Å². The van der Waals surface area contributed by atoms with Crippen LogP contribution in [0.25, 0.3) is 0 Å². The van der Waals surface area contributed by atoms with Crippen LogP contribution >= 0.6 is 0 Å². The minimum Gasteiger partial charge on any atom is -0.475 e. The van der Waals surface area contributed by atoms with Gasteiger partial charge in [0, 0.05) is 19.2 Å². The predicted molar refractivity (Wildman–Crippen MR) is 76.7 cm³/mol. The molecule has 0 bridgehead atoms. The molecular formula is C15H24N2O2. The number of pyridine rings is 1. The van der Waals surface area contributed by atoms with Crippen LogP contribution < -0.4 is 10.1 Å². The van der Waals surface area contributed by atoms with Gasteiger partial charge in [0.25, 0.3) is 0 Å². The van der Waals surface area contributed by atoms with Gasteiger partial charge in [-0.3, -0.25) is 0 Å². The second kappa shape index (κ2) is 7.34. The van der Waals surface area contributed by atoms with Crippen LogP contribution in [0, 0.1) is 5.92 Å². The van der Waals surface area contributed by atoms with Crippen LogP contribution in [0.2, 0.25) is 0 Å². The first-order valence-corrected chi connectivity index (χ1v) is 7.14. The van der Waals surface area contributed by atoms with Crippen molar-refractivity contribution in [2.24, 2.45) is 5.92 Å². The van der Waals surface area contributed by atoms with Gasteiger partial charge < -0.3 is 14.8 Å². The van der Waals surface area contributed by atoms with Gasteiger partial charge in [-0.15, -0.1) is 0 Å². The number of hydrogen-bond acceptors (Lipinski definition) is 4. The van der Waals surface area contributed by atoms with E-state index in [0.29, 0.717) is 25.1 Å². The van der Waals surface area contributed by atoms with Gasteiger partial charge in [-0.05, 0) is 24.8 Å². The van der Waals surface area contributed by atoms with E-state index in [1.165, 1.54) is 25.7 Å². The van der Waals surface area contributed by atoms with Gasteiger partial charge in [0.05, 0.1) is 18.5 Å². The largest absolute Gasteiger partial charge is 0.475 e. The smallest absolute Gasteiger partial charge is 0.213 e. The average molecular weight is 264 g/mol. The number of nitrogens with one attached hydrogen (secondary N) is 1. The lowest BCUT2D eigenvalue weighted by Crippen LogP contribution is -2.30. The Morgan fingerprint density at radius 1 is 1.26 bits per heavy atom. The molecule has 0 radical (unpaired) electrons. The summed E-state index contributed by atoms with van der Waals surface area (Å²) in [7, 11) is 1.66. The molecule has 2 atom stereocenters. The number of methoxy groups -OCH3 is 1. The summed E-state index contributed by atoms with van der Waals surface area (Å²) in [5, 5.41) is 3.58. The Morgan fingerprint density at radius 3 is 2.79 bits per heavy atom. The van der Waals surface area contributed by atoms with E-state index in [0.717, 1.165) is 11.6 Å². The lowest BCUT2D eigenvalue weighted by atomic mass is 9.86. The van der Waals surface area contributed by atoms with Gasteiger partial charge in [-0.1, -0.05) is 19.8 Å². The zero-order valence-electron chi connectivity index (χ0n) is 11.9. The molecule has 4 heteroatoms. The van der Waals surface area contributed by atoms with Gasteiger partial charge in [0.2, 0.25) is 5.88 Å². The number of anilines is 1. The minimum absolute atomic E-state index is 0.538. The summed E-state index contributed by atoms with van der Waals surface area (Å²) >= 11 is 0. The predicted octanol–water partition coefficient (Wildman–Crippen LogP) is 3.10. The molecule has 0 amide bonds. The second-order valence-electron chi connectivity index (χ2n) is 5.24. The monoisotopic (exact) mass is 264 g/mol. The molecule has 1 heterocycles. The molecule has 4 nitrogen and oxygen atoms in total. The lowest BCUT2D eigenvalue weighted by Gasteiger charge is -2.30. The summed E-state index contributed by atoms with van der Waals surface area (Å²) in [5.41, 5.74) is 1.08. The van der Waals surface area contributed by atoms with E-state index < -0.39 is 0 Å². The third kappa shape index (κ3) is 4.39. The highest BCUT2D eigenvalue weighted by Crippen LogP contribution is 2.26. The standard InChI is InChI=1S/C15H24N2O2/c1-12-5-3-4-6-14(12)17-13-7-8-15(16-11-13)19-10-9-18-2/h7-8,11-12,14,17H,3-6,9-10H2,1-2H3. The highest BCUT2D eigenvalue weighted by Gasteiger charge is 2.20. The van der Waals surface area contributed by atoms with Crippen molar-refractivity contribution in [3.8, 4) is 5.88 Å². The second-order valence-corrected chi connectivity index (χ2v) is 5.24. The van der Waals surface area contributed by atoms with Crippen LogP contribution in [0.5, 0.6) is 5.88 Å². The Hall–Kier alpha value is -1.29. The fourth-order valence-corrected chi connectivity index (χ4v) is 2.53. The highest BCUT2D eigenvalue weighted by molar-refractivity contribution is 5.43. The first-order chi connectivity index (χ1) is 9.29. The summed E-state index contributed by atoms with van der Waals surface area (Å²) in [6, 6.07) is 4.53. The quantitative estimate of drug-likeness (QED) is 0.802. The van der Waals surface area contributed by atoms with E-state index in [1.54, 1.807) is 7.11 Å².